The summed E-state index contributed by atoms with van der Waals surface area (Å²) in [4.78, 5) is 0. The van der Waals surface area contributed by atoms with Crippen molar-refractivity contribution in [2.24, 2.45) is 0 Å². The minimum absolute atomic E-state index is 0.0928. The van der Waals surface area contributed by atoms with E-state index >= 15 is 0 Å². The molecule has 2 unspecified atom stereocenters. The number of methoxy groups -OCH3 is 1. The van der Waals surface area contributed by atoms with Gasteiger partial charge in [0.25, 0.3) is 0 Å². The summed E-state index contributed by atoms with van der Waals surface area (Å²) in [7, 11) is 1.69. The van der Waals surface area contributed by atoms with E-state index in [-0.39, 0.29) is 6.10 Å². The van der Waals surface area contributed by atoms with Gasteiger partial charge in [0.05, 0.1) is 12.7 Å². The predicted octanol–water partition coefficient (Wildman–Crippen LogP) is 3.03. The van der Waals surface area contributed by atoms with E-state index in [2.05, 4.69) is 11.4 Å². The van der Waals surface area contributed by atoms with E-state index in [1.54, 1.807) is 7.11 Å². The maximum atomic E-state index is 9.49. The van der Waals surface area contributed by atoms with E-state index in [1.165, 1.54) is 0 Å². The Morgan fingerprint density at radius 1 is 1.48 bits per heavy atom. The van der Waals surface area contributed by atoms with Gasteiger partial charge in [-0.3, -0.25) is 5.32 Å². The zero-order chi connectivity index (χ0) is 15.1. The summed E-state index contributed by atoms with van der Waals surface area (Å²) in [5.41, 5.74) is 0.672. The molecule has 114 valence electrons. The third-order valence-electron chi connectivity index (χ3n) is 3.95. The first-order valence-corrected chi connectivity index (χ1v) is 7.62. The van der Waals surface area contributed by atoms with Gasteiger partial charge in [-0.25, -0.2) is 0 Å². The van der Waals surface area contributed by atoms with Crippen LogP contribution in [-0.4, -0.2) is 25.3 Å². The Morgan fingerprint density at radius 3 is 3.05 bits per heavy atom. The zero-order valence-electron chi connectivity index (χ0n) is 12.9. The van der Waals surface area contributed by atoms with Crippen LogP contribution < -0.4 is 10.1 Å². The van der Waals surface area contributed by atoms with Crippen LogP contribution in [0.1, 0.15) is 38.2 Å². The molecule has 0 heterocycles. The van der Waals surface area contributed by atoms with E-state index in [9.17, 15) is 5.26 Å². The van der Waals surface area contributed by atoms with Crippen LogP contribution in [0.4, 0.5) is 0 Å². The Labute approximate surface area is 127 Å². The highest BCUT2D eigenvalue weighted by atomic mass is 16.5. The van der Waals surface area contributed by atoms with E-state index in [0.717, 1.165) is 43.5 Å². The van der Waals surface area contributed by atoms with Gasteiger partial charge in [0.1, 0.15) is 17.4 Å². The second kappa shape index (κ2) is 7.44. The number of nitrogens with zero attached hydrogens (tertiary/aromatic N) is 1. The van der Waals surface area contributed by atoms with Crippen LogP contribution >= 0.6 is 0 Å². The largest absolute Gasteiger partial charge is 0.490 e. The first kappa shape index (κ1) is 15.8. The summed E-state index contributed by atoms with van der Waals surface area (Å²) in [5.74, 6) is 0.861. The zero-order valence-corrected chi connectivity index (χ0v) is 12.9. The molecule has 2 atom stereocenters. The van der Waals surface area contributed by atoms with Gasteiger partial charge in [-0.1, -0.05) is 19.1 Å². The Balaban J connectivity index is 2.02. The fraction of sp³-hybridized carbons (Fsp3) is 0.588. The minimum atomic E-state index is -0.429. The molecular formula is C17H24N2O2. The summed E-state index contributed by atoms with van der Waals surface area (Å²) < 4.78 is 11.2. The molecule has 4 heteroatoms. The van der Waals surface area contributed by atoms with Gasteiger partial charge >= 0.3 is 0 Å². The molecule has 0 amide bonds. The third kappa shape index (κ3) is 4.20. The average Bonchev–Trinajstić information content (AvgIpc) is 2.49. The molecule has 1 aromatic carbocycles. The van der Waals surface area contributed by atoms with Gasteiger partial charge in [0, 0.05) is 13.5 Å². The molecule has 0 saturated heterocycles. The molecule has 1 N–H and O–H groups in total. The van der Waals surface area contributed by atoms with Crippen LogP contribution in [0.2, 0.25) is 0 Å². The van der Waals surface area contributed by atoms with Crippen LogP contribution in [0.25, 0.3) is 0 Å². The first-order valence-electron chi connectivity index (χ1n) is 7.62. The highest BCUT2D eigenvalue weighted by Gasteiger charge is 2.36. The Bertz CT molecular complexity index is 494. The van der Waals surface area contributed by atoms with Crippen molar-refractivity contribution in [3.8, 4) is 11.8 Å². The van der Waals surface area contributed by atoms with Crippen molar-refractivity contribution in [2.45, 2.75) is 50.9 Å². The van der Waals surface area contributed by atoms with E-state index in [4.69, 9.17) is 9.47 Å². The van der Waals surface area contributed by atoms with Crippen molar-refractivity contribution in [2.75, 3.05) is 13.7 Å². The topological polar surface area (TPSA) is 54.3 Å². The van der Waals surface area contributed by atoms with Crippen LogP contribution in [0, 0.1) is 11.3 Å². The molecule has 1 fully saturated rings. The number of nitriles is 1. The lowest BCUT2D eigenvalue weighted by Crippen LogP contribution is -2.49. The normalized spacial score (nSPS) is 25.3. The monoisotopic (exact) mass is 288 g/mol. The van der Waals surface area contributed by atoms with Gasteiger partial charge in [0.15, 0.2) is 0 Å². The fourth-order valence-corrected chi connectivity index (χ4v) is 3.03. The number of hydrogen-bond acceptors (Lipinski definition) is 4. The molecule has 0 bridgehead atoms. The van der Waals surface area contributed by atoms with Crippen molar-refractivity contribution >= 4 is 0 Å². The molecule has 4 nitrogen and oxygen atoms in total. The average molecular weight is 288 g/mol. The Hall–Kier alpha value is -1.57. The van der Waals surface area contributed by atoms with E-state index < -0.39 is 5.54 Å². The van der Waals surface area contributed by atoms with Crippen molar-refractivity contribution < 1.29 is 9.47 Å². The second-order valence-corrected chi connectivity index (χ2v) is 5.64. The lowest BCUT2D eigenvalue weighted by molar-refractivity contribution is 0.113. The predicted molar refractivity (Wildman–Crippen MR) is 82.1 cm³/mol. The van der Waals surface area contributed by atoms with Crippen molar-refractivity contribution in [3.63, 3.8) is 0 Å². The maximum absolute atomic E-state index is 9.49. The summed E-state index contributed by atoms with van der Waals surface area (Å²) in [5, 5.41) is 12.8. The van der Waals surface area contributed by atoms with Crippen LogP contribution in [0.5, 0.6) is 5.75 Å². The highest BCUT2D eigenvalue weighted by Crippen LogP contribution is 2.31. The van der Waals surface area contributed by atoms with Crippen molar-refractivity contribution in [1.82, 2.24) is 5.32 Å². The molecule has 0 spiro atoms. The van der Waals surface area contributed by atoms with Gasteiger partial charge in [-0.05, 0) is 43.5 Å². The lowest BCUT2D eigenvalue weighted by atomic mass is 9.81. The van der Waals surface area contributed by atoms with Gasteiger partial charge in [-0.2, -0.15) is 5.26 Å². The number of rotatable bonds is 6. The van der Waals surface area contributed by atoms with Crippen LogP contribution in [0.3, 0.4) is 0 Å². The Morgan fingerprint density at radius 2 is 2.33 bits per heavy atom. The van der Waals surface area contributed by atoms with Crippen molar-refractivity contribution in [1.29, 1.82) is 5.26 Å². The van der Waals surface area contributed by atoms with Crippen LogP contribution in [-0.2, 0) is 11.3 Å². The molecule has 0 aromatic heterocycles. The molecule has 1 aliphatic rings. The van der Waals surface area contributed by atoms with Gasteiger partial charge in [-0.15, -0.1) is 0 Å². The molecule has 0 radical (unpaired) electrons. The highest BCUT2D eigenvalue weighted by molar-refractivity contribution is 5.28. The molecule has 2 rings (SSSR count). The summed E-state index contributed by atoms with van der Waals surface area (Å²) in [6, 6.07) is 10.4. The summed E-state index contributed by atoms with van der Waals surface area (Å²) >= 11 is 0. The molecule has 0 aliphatic heterocycles. The second-order valence-electron chi connectivity index (χ2n) is 5.64. The van der Waals surface area contributed by atoms with Gasteiger partial charge in [0.2, 0.25) is 0 Å². The molecule has 1 saturated carbocycles. The fourth-order valence-electron chi connectivity index (χ4n) is 3.03. The van der Waals surface area contributed by atoms with E-state index in [0.29, 0.717) is 6.61 Å². The van der Waals surface area contributed by atoms with Crippen molar-refractivity contribution in [3.05, 3.63) is 29.8 Å². The number of benzene rings is 1. The summed E-state index contributed by atoms with van der Waals surface area (Å²) in [6.07, 6.45) is 3.76. The van der Waals surface area contributed by atoms with Crippen LogP contribution in [0.15, 0.2) is 24.3 Å². The number of nitrogens with one attached hydrogen (secondary N) is 1. The molecular weight excluding hydrogens is 264 g/mol. The SMILES string of the molecule is CCNC1(C#N)CCCC(Oc2cccc(COC)c2)C1. The Kier molecular flexibility index (Phi) is 5.60. The quantitative estimate of drug-likeness (QED) is 0.874. The molecule has 1 aromatic rings. The third-order valence-corrected chi connectivity index (χ3v) is 3.95. The lowest BCUT2D eigenvalue weighted by Gasteiger charge is -2.36. The minimum Gasteiger partial charge on any atom is -0.490 e. The standard InChI is InChI=1S/C17H24N2O2/c1-3-19-17(13-18)9-5-8-16(11-17)21-15-7-4-6-14(10-15)12-20-2/h4,6-7,10,16,19H,3,5,8-9,11-12H2,1-2H3. The number of hydrogen-bond donors (Lipinski definition) is 1. The number of ether oxygens (including phenoxy) is 2. The molecule has 1 aliphatic carbocycles. The maximum Gasteiger partial charge on any atom is 0.120 e. The van der Waals surface area contributed by atoms with Gasteiger partial charge < -0.3 is 9.47 Å². The first-order chi connectivity index (χ1) is 10.2. The van der Waals surface area contributed by atoms with E-state index in [1.807, 2.05) is 31.2 Å². The summed E-state index contributed by atoms with van der Waals surface area (Å²) in [6.45, 7) is 3.43. The molecule has 21 heavy (non-hydrogen) atoms. The smallest absolute Gasteiger partial charge is 0.120 e.